The van der Waals surface area contributed by atoms with Gasteiger partial charge in [-0.3, -0.25) is 19.8 Å². The summed E-state index contributed by atoms with van der Waals surface area (Å²) in [6.45, 7) is 11.0. The van der Waals surface area contributed by atoms with Gasteiger partial charge in [-0.25, -0.2) is 19.2 Å². The van der Waals surface area contributed by atoms with Gasteiger partial charge in [0.15, 0.2) is 0 Å². The molecular weight excluding hydrogens is 658 g/mol. The molecule has 0 radical (unpaired) electrons. The highest BCUT2D eigenvalue weighted by Crippen LogP contribution is 2.44. The SMILES string of the molecule is COCCOC(=O)C1=C(C)N(C(=O)OCOC(=O)C2CCN(C(=O)OC(C)(C)C)CC2)C(C)=C(C(=O)OC(C)C)C1c1cccc([N+](=O)[O-])c1. The minimum Gasteiger partial charge on any atom is -0.460 e. The van der Waals surface area contributed by atoms with E-state index in [4.69, 9.17) is 28.4 Å². The molecule has 2 aliphatic rings. The average Bonchev–Trinajstić information content (AvgIpc) is 3.03. The van der Waals surface area contributed by atoms with E-state index in [0.717, 1.165) is 4.90 Å². The number of carbonyl (C=O) groups excluding carboxylic acids is 5. The van der Waals surface area contributed by atoms with E-state index < -0.39 is 65.4 Å². The van der Waals surface area contributed by atoms with E-state index in [2.05, 4.69) is 0 Å². The van der Waals surface area contributed by atoms with Crippen LogP contribution < -0.4 is 0 Å². The summed E-state index contributed by atoms with van der Waals surface area (Å²) >= 11 is 0. The Morgan fingerprint density at radius 3 is 2.10 bits per heavy atom. The molecule has 1 atom stereocenters. The van der Waals surface area contributed by atoms with E-state index in [9.17, 15) is 34.1 Å². The van der Waals surface area contributed by atoms with Gasteiger partial charge in [-0.05, 0) is 66.9 Å². The minimum absolute atomic E-state index is 0.00774. The summed E-state index contributed by atoms with van der Waals surface area (Å²) in [6, 6.07) is 5.40. The molecule has 1 saturated heterocycles. The van der Waals surface area contributed by atoms with E-state index >= 15 is 0 Å². The number of nitro groups is 1. The van der Waals surface area contributed by atoms with Gasteiger partial charge in [-0.2, -0.15) is 0 Å². The second-order valence-electron chi connectivity index (χ2n) is 12.9. The molecule has 2 aliphatic heterocycles. The molecule has 0 aromatic heterocycles. The summed E-state index contributed by atoms with van der Waals surface area (Å²) in [5.41, 5.74) is -1.05. The predicted molar refractivity (Wildman–Crippen MR) is 175 cm³/mol. The van der Waals surface area contributed by atoms with E-state index in [1.165, 1.54) is 50.1 Å². The maximum atomic E-state index is 13.6. The quantitative estimate of drug-likeness (QED) is 0.0751. The van der Waals surface area contributed by atoms with Crippen LogP contribution in [-0.2, 0) is 42.8 Å². The first-order chi connectivity index (χ1) is 23.5. The number of benzene rings is 1. The molecule has 0 N–H and O–H groups in total. The Balaban J connectivity index is 1.88. The number of rotatable bonds is 11. The van der Waals surface area contributed by atoms with Crippen LogP contribution in [-0.4, -0.2) is 96.7 Å². The standard InChI is InChI=1S/C34H45N3O13/c1-20(2)49-31(40)27-22(4)36(33(42)48-19-47-29(38)23-12-14-35(15-13-23)32(41)50-34(5,6)7)21(3)26(30(39)46-17-16-45-8)28(27)24-10-9-11-25(18-24)37(43)44/h9-11,18,20,23,28H,12-17,19H2,1-8H3. The Bertz CT molecular complexity index is 1530. The van der Waals surface area contributed by atoms with Crippen LogP contribution in [0.4, 0.5) is 15.3 Å². The van der Waals surface area contributed by atoms with Crippen molar-refractivity contribution in [3.05, 3.63) is 62.5 Å². The fourth-order valence-corrected chi connectivity index (χ4v) is 5.53. The molecule has 2 amide bonds. The van der Waals surface area contributed by atoms with Gasteiger partial charge in [0.25, 0.3) is 5.69 Å². The summed E-state index contributed by atoms with van der Waals surface area (Å²) in [4.78, 5) is 79.6. The van der Waals surface area contributed by atoms with Crippen LogP contribution in [0.5, 0.6) is 0 Å². The zero-order chi connectivity index (χ0) is 37.3. The molecule has 0 spiro atoms. The van der Waals surface area contributed by atoms with Crippen LogP contribution >= 0.6 is 0 Å². The predicted octanol–water partition coefficient (Wildman–Crippen LogP) is 4.97. The topological polar surface area (TPSA) is 190 Å². The number of methoxy groups -OCH3 is 1. The van der Waals surface area contributed by atoms with Gasteiger partial charge in [-0.1, -0.05) is 12.1 Å². The molecule has 16 heteroatoms. The lowest BCUT2D eigenvalue weighted by Gasteiger charge is -2.36. The second-order valence-corrected chi connectivity index (χ2v) is 12.9. The highest BCUT2D eigenvalue weighted by Gasteiger charge is 2.43. The van der Waals surface area contributed by atoms with Gasteiger partial charge in [0, 0.05) is 43.7 Å². The molecule has 1 aromatic rings. The first-order valence-corrected chi connectivity index (χ1v) is 16.1. The van der Waals surface area contributed by atoms with Crippen LogP contribution in [0, 0.1) is 16.0 Å². The minimum atomic E-state index is -1.23. The first-order valence-electron chi connectivity index (χ1n) is 16.1. The van der Waals surface area contributed by atoms with Gasteiger partial charge in [0.2, 0.25) is 6.79 Å². The van der Waals surface area contributed by atoms with Crippen molar-refractivity contribution < 1.29 is 57.3 Å². The van der Waals surface area contributed by atoms with Crippen LogP contribution in [0.25, 0.3) is 0 Å². The van der Waals surface area contributed by atoms with Crippen molar-refractivity contribution in [1.82, 2.24) is 9.80 Å². The molecule has 1 aromatic carbocycles. The summed E-state index contributed by atoms with van der Waals surface area (Å²) < 4.78 is 31.8. The molecule has 1 fully saturated rings. The van der Waals surface area contributed by atoms with Gasteiger partial charge >= 0.3 is 30.1 Å². The van der Waals surface area contributed by atoms with Crippen molar-refractivity contribution in [2.75, 3.05) is 40.2 Å². The van der Waals surface area contributed by atoms with Crippen LogP contribution in [0.2, 0.25) is 0 Å². The van der Waals surface area contributed by atoms with Crippen molar-refractivity contribution in [3.63, 3.8) is 0 Å². The number of amides is 2. The Labute approximate surface area is 290 Å². The maximum absolute atomic E-state index is 13.6. The number of nitro benzene ring substituents is 1. The van der Waals surface area contributed by atoms with Gasteiger partial charge in [0.05, 0.1) is 40.6 Å². The van der Waals surface area contributed by atoms with Crippen molar-refractivity contribution in [2.24, 2.45) is 5.92 Å². The Morgan fingerprint density at radius 2 is 1.54 bits per heavy atom. The monoisotopic (exact) mass is 703 g/mol. The number of piperidine rings is 1. The number of hydrogen-bond donors (Lipinski definition) is 0. The Morgan fingerprint density at radius 1 is 0.920 bits per heavy atom. The van der Waals surface area contributed by atoms with E-state index in [0.29, 0.717) is 12.8 Å². The van der Waals surface area contributed by atoms with Gasteiger partial charge in [-0.15, -0.1) is 0 Å². The smallest absolute Gasteiger partial charge is 0.421 e. The van der Waals surface area contributed by atoms with E-state index in [1.807, 2.05) is 0 Å². The third-order valence-electron chi connectivity index (χ3n) is 7.79. The molecule has 16 nitrogen and oxygen atoms in total. The highest BCUT2D eigenvalue weighted by molar-refractivity contribution is 6.01. The highest BCUT2D eigenvalue weighted by atomic mass is 16.7. The van der Waals surface area contributed by atoms with Crippen molar-refractivity contribution in [3.8, 4) is 0 Å². The second kappa shape index (κ2) is 17.1. The van der Waals surface area contributed by atoms with Crippen molar-refractivity contribution in [1.29, 1.82) is 0 Å². The zero-order valence-electron chi connectivity index (χ0n) is 29.6. The number of ether oxygens (including phenoxy) is 6. The summed E-state index contributed by atoms with van der Waals surface area (Å²) in [6.07, 6.45) is -1.53. The number of carbonyl (C=O) groups is 5. The zero-order valence-corrected chi connectivity index (χ0v) is 29.6. The molecule has 0 saturated carbocycles. The lowest BCUT2D eigenvalue weighted by molar-refractivity contribution is -0.384. The fraction of sp³-hybridized carbons (Fsp3) is 0.559. The molecule has 0 aliphatic carbocycles. The molecule has 274 valence electrons. The van der Waals surface area contributed by atoms with Crippen LogP contribution in [0.1, 0.15) is 72.8 Å². The first kappa shape index (κ1) is 39.4. The molecule has 50 heavy (non-hydrogen) atoms. The lowest BCUT2D eigenvalue weighted by Crippen LogP contribution is -2.43. The lowest BCUT2D eigenvalue weighted by atomic mass is 9.79. The molecule has 3 rings (SSSR count). The molecule has 2 heterocycles. The number of likely N-dealkylation sites (tertiary alicyclic amines) is 1. The largest absolute Gasteiger partial charge is 0.460 e. The number of nitrogens with zero attached hydrogens (tertiary/aromatic N) is 3. The summed E-state index contributed by atoms with van der Waals surface area (Å²) in [5, 5.41) is 11.7. The molecule has 0 bridgehead atoms. The van der Waals surface area contributed by atoms with E-state index in [1.54, 1.807) is 34.6 Å². The van der Waals surface area contributed by atoms with E-state index in [-0.39, 0.29) is 60.1 Å². The number of non-ortho nitro benzene ring substituents is 1. The van der Waals surface area contributed by atoms with Gasteiger partial charge in [0.1, 0.15) is 12.2 Å². The Hall–Kier alpha value is -4.99. The average molecular weight is 704 g/mol. The summed E-state index contributed by atoms with van der Waals surface area (Å²) in [7, 11) is 1.41. The van der Waals surface area contributed by atoms with Gasteiger partial charge < -0.3 is 33.3 Å². The van der Waals surface area contributed by atoms with Crippen LogP contribution in [0.3, 0.4) is 0 Å². The summed E-state index contributed by atoms with van der Waals surface area (Å²) in [5.74, 6) is -4.21. The molecular formula is C34H45N3O13. The molecule has 1 unspecified atom stereocenters. The Kier molecular flexibility index (Phi) is 13.5. The normalized spacial score (nSPS) is 17.0. The maximum Gasteiger partial charge on any atom is 0.421 e. The van der Waals surface area contributed by atoms with Crippen LogP contribution in [0.15, 0.2) is 46.8 Å². The third kappa shape index (κ3) is 10.0. The third-order valence-corrected chi connectivity index (χ3v) is 7.79. The number of allylic oxidation sites excluding steroid dienone is 2. The van der Waals surface area contributed by atoms with Crippen molar-refractivity contribution >= 4 is 35.8 Å². The number of esters is 3. The number of hydrogen-bond acceptors (Lipinski definition) is 13. The van der Waals surface area contributed by atoms with Crippen molar-refractivity contribution in [2.45, 2.75) is 78.9 Å². The fourth-order valence-electron chi connectivity index (χ4n) is 5.53.